The number of Topliss-reactive ketones (excluding diaryl/α,β-unsaturated/α-hetero) is 1. The molecule has 0 saturated heterocycles. The Bertz CT molecular complexity index is 833. The third-order valence-electron chi connectivity index (χ3n) is 3.78. The van der Waals surface area contributed by atoms with Crippen LogP contribution in [0.4, 0.5) is 0 Å². The van der Waals surface area contributed by atoms with Crippen molar-refractivity contribution in [2.45, 2.75) is 34.2 Å². The van der Waals surface area contributed by atoms with Crippen LogP contribution in [-0.4, -0.2) is 30.9 Å². The molecule has 1 N–H and O–H groups in total. The van der Waals surface area contributed by atoms with Crippen LogP contribution in [0.25, 0.3) is 0 Å². The van der Waals surface area contributed by atoms with E-state index >= 15 is 0 Å². The summed E-state index contributed by atoms with van der Waals surface area (Å²) in [6.07, 6.45) is 0. The number of ether oxygens (including phenoxy) is 2. The summed E-state index contributed by atoms with van der Waals surface area (Å²) in [4.78, 5) is 37.6. The van der Waals surface area contributed by atoms with Crippen LogP contribution in [0.5, 0.6) is 5.75 Å². The van der Waals surface area contributed by atoms with E-state index in [4.69, 9.17) is 9.47 Å². The van der Waals surface area contributed by atoms with Crippen LogP contribution < -0.4 is 10.1 Å². The zero-order valence-electron chi connectivity index (χ0n) is 16.5. The second-order valence-electron chi connectivity index (χ2n) is 7.16. The molecule has 150 valence electrons. The smallest absolute Gasteiger partial charge is 0.338 e. The SMILES string of the molecule is CCOc1ccc(C(=O)OCC(=O)c2ccc(CNC(=O)C(C)(C)C)s2)cc1. The predicted octanol–water partition coefficient (Wildman–Crippen LogP) is 3.85. The quantitative estimate of drug-likeness (QED) is 0.535. The molecule has 0 bridgehead atoms. The number of ketones is 1. The average molecular weight is 404 g/mol. The summed E-state index contributed by atoms with van der Waals surface area (Å²) in [5, 5.41) is 2.84. The highest BCUT2D eigenvalue weighted by Gasteiger charge is 2.21. The lowest BCUT2D eigenvalue weighted by molar-refractivity contribution is -0.128. The maximum atomic E-state index is 12.3. The van der Waals surface area contributed by atoms with E-state index in [1.807, 2.05) is 27.7 Å². The lowest BCUT2D eigenvalue weighted by atomic mass is 9.96. The van der Waals surface area contributed by atoms with Gasteiger partial charge in [-0.3, -0.25) is 9.59 Å². The van der Waals surface area contributed by atoms with Crippen LogP contribution in [0.1, 0.15) is 52.6 Å². The van der Waals surface area contributed by atoms with Crippen molar-refractivity contribution in [3.8, 4) is 5.75 Å². The fraction of sp³-hybridized carbons (Fsp3) is 0.381. The van der Waals surface area contributed by atoms with E-state index < -0.39 is 11.4 Å². The Morgan fingerprint density at radius 2 is 1.71 bits per heavy atom. The van der Waals surface area contributed by atoms with Crippen molar-refractivity contribution in [1.29, 1.82) is 0 Å². The van der Waals surface area contributed by atoms with E-state index in [-0.39, 0.29) is 18.3 Å². The molecule has 0 saturated carbocycles. The minimum Gasteiger partial charge on any atom is -0.494 e. The minimum atomic E-state index is -0.564. The first-order valence-electron chi connectivity index (χ1n) is 9.01. The number of hydrogen-bond donors (Lipinski definition) is 1. The summed E-state index contributed by atoms with van der Waals surface area (Å²) in [6, 6.07) is 10.0. The number of carbonyl (C=O) groups is 3. The van der Waals surface area contributed by atoms with E-state index in [1.165, 1.54) is 11.3 Å². The van der Waals surface area contributed by atoms with Crippen molar-refractivity contribution in [1.82, 2.24) is 5.32 Å². The van der Waals surface area contributed by atoms with Gasteiger partial charge in [0.15, 0.2) is 6.61 Å². The van der Waals surface area contributed by atoms with Gasteiger partial charge in [-0.1, -0.05) is 20.8 Å². The molecular formula is C21H25NO5S. The van der Waals surface area contributed by atoms with Gasteiger partial charge in [-0.05, 0) is 43.3 Å². The van der Waals surface area contributed by atoms with Crippen molar-refractivity contribution < 1.29 is 23.9 Å². The van der Waals surface area contributed by atoms with E-state index in [0.29, 0.717) is 29.3 Å². The summed E-state index contributed by atoms with van der Waals surface area (Å²) < 4.78 is 10.4. The second-order valence-corrected chi connectivity index (χ2v) is 8.32. The standard InChI is InChI=1S/C21H25NO5S/c1-5-26-15-8-6-14(7-9-15)19(24)27-13-17(23)18-11-10-16(28-18)12-22-20(25)21(2,3)4/h6-11H,5,12-13H2,1-4H3,(H,22,25). The molecule has 0 atom stereocenters. The van der Waals surface area contributed by atoms with Crippen LogP contribution >= 0.6 is 11.3 Å². The third-order valence-corrected chi connectivity index (χ3v) is 4.90. The van der Waals surface area contributed by atoms with Gasteiger partial charge in [-0.15, -0.1) is 11.3 Å². The van der Waals surface area contributed by atoms with Gasteiger partial charge in [-0.2, -0.15) is 0 Å². The van der Waals surface area contributed by atoms with Crippen LogP contribution in [0.3, 0.4) is 0 Å². The number of esters is 1. The molecule has 0 unspecified atom stereocenters. The van der Waals surface area contributed by atoms with Crippen molar-refractivity contribution in [2.75, 3.05) is 13.2 Å². The number of nitrogens with one attached hydrogen (secondary N) is 1. The first-order chi connectivity index (χ1) is 13.2. The zero-order chi connectivity index (χ0) is 20.7. The molecule has 0 fully saturated rings. The van der Waals surface area contributed by atoms with Crippen LogP contribution in [0.15, 0.2) is 36.4 Å². The van der Waals surface area contributed by atoms with Gasteiger partial charge in [0.05, 0.1) is 23.6 Å². The van der Waals surface area contributed by atoms with Crippen LogP contribution in [0.2, 0.25) is 0 Å². The largest absolute Gasteiger partial charge is 0.494 e. The topological polar surface area (TPSA) is 81.7 Å². The predicted molar refractivity (Wildman–Crippen MR) is 108 cm³/mol. The van der Waals surface area contributed by atoms with Crippen molar-refractivity contribution >= 4 is 29.0 Å². The molecule has 1 aromatic carbocycles. The molecule has 1 aromatic heterocycles. The number of benzene rings is 1. The fourth-order valence-corrected chi connectivity index (χ4v) is 3.07. The second kappa shape index (κ2) is 9.50. The van der Waals surface area contributed by atoms with Gasteiger partial charge in [0.25, 0.3) is 0 Å². The van der Waals surface area contributed by atoms with Crippen LogP contribution in [-0.2, 0) is 16.1 Å². The van der Waals surface area contributed by atoms with Gasteiger partial charge >= 0.3 is 5.97 Å². The molecule has 0 aliphatic carbocycles. The Labute approximate surface area is 168 Å². The van der Waals surface area contributed by atoms with Gasteiger partial charge in [0.2, 0.25) is 11.7 Å². The third kappa shape index (κ3) is 6.20. The first kappa shape index (κ1) is 21.6. The summed E-state index contributed by atoms with van der Waals surface area (Å²) in [6.45, 7) is 7.96. The maximum absolute atomic E-state index is 12.3. The molecule has 28 heavy (non-hydrogen) atoms. The van der Waals surface area contributed by atoms with Crippen molar-refractivity contribution in [3.63, 3.8) is 0 Å². The lowest BCUT2D eigenvalue weighted by Gasteiger charge is -2.17. The summed E-state index contributed by atoms with van der Waals surface area (Å²) >= 11 is 1.28. The monoisotopic (exact) mass is 403 g/mol. The highest BCUT2D eigenvalue weighted by molar-refractivity contribution is 7.14. The Kier molecular flexibility index (Phi) is 7.34. The Morgan fingerprint density at radius 3 is 2.32 bits per heavy atom. The van der Waals surface area contributed by atoms with Gasteiger partial charge < -0.3 is 14.8 Å². The highest BCUT2D eigenvalue weighted by atomic mass is 32.1. The minimum absolute atomic E-state index is 0.0574. The number of rotatable bonds is 8. The molecule has 0 aliphatic heterocycles. The Morgan fingerprint density at radius 1 is 1.04 bits per heavy atom. The van der Waals surface area contributed by atoms with Gasteiger partial charge in [0.1, 0.15) is 5.75 Å². The van der Waals surface area contributed by atoms with Gasteiger partial charge in [0, 0.05) is 10.3 Å². The average Bonchev–Trinajstić information content (AvgIpc) is 3.13. The van der Waals surface area contributed by atoms with Crippen molar-refractivity contribution in [2.24, 2.45) is 5.41 Å². The Balaban J connectivity index is 1.85. The molecule has 0 aliphatic rings. The number of hydrogen-bond acceptors (Lipinski definition) is 6. The normalized spacial score (nSPS) is 11.0. The van der Waals surface area contributed by atoms with Crippen molar-refractivity contribution in [3.05, 3.63) is 51.7 Å². The number of thiophene rings is 1. The maximum Gasteiger partial charge on any atom is 0.338 e. The van der Waals surface area contributed by atoms with Crippen LogP contribution in [0, 0.1) is 5.41 Å². The molecular weight excluding hydrogens is 378 g/mol. The molecule has 0 radical (unpaired) electrons. The molecule has 7 heteroatoms. The zero-order valence-corrected chi connectivity index (χ0v) is 17.4. The Hall–Kier alpha value is -2.67. The molecule has 1 heterocycles. The van der Waals surface area contributed by atoms with E-state index in [9.17, 15) is 14.4 Å². The molecule has 0 spiro atoms. The molecule has 2 rings (SSSR count). The number of amides is 1. The molecule has 2 aromatic rings. The first-order valence-corrected chi connectivity index (χ1v) is 9.82. The van der Waals surface area contributed by atoms with E-state index in [1.54, 1.807) is 36.4 Å². The van der Waals surface area contributed by atoms with Gasteiger partial charge in [-0.25, -0.2) is 4.79 Å². The summed E-state index contributed by atoms with van der Waals surface area (Å²) in [5.41, 5.74) is -0.113. The number of carbonyl (C=O) groups excluding carboxylic acids is 3. The fourth-order valence-electron chi connectivity index (χ4n) is 2.19. The summed E-state index contributed by atoms with van der Waals surface area (Å²) in [5.74, 6) is -0.235. The summed E-state index contributed by atoms with van der Waals surface area (Å²) in [7, 11) is 0. The highest BCUT2D eigenvalue weighted by Crippen LogP contribution is 2.19. The van der Waals surface area contributed by atoms with E-state index in [0.717, 1.165) is 4.88 Å². The lowest BCUT2D eigenvalue weighted by Crippen LogP contribution is -2.34. The molecule has 6 nitrogen and oxygen atoms in total. The van der Waals surface area contributed by atoms with E-state index in [2.05, 4.69) is 5.32 Å². The molecule has 1 amide bonds.